The molecule has 0 bridgehead atoms. The van der Waals surface area contributed by atoms with Gasteiger partial charge in [0, 0.05) is 18.2 Å². The highest BCUT2D eigenvalue weighted by Gasteiger charge is 2.26. The first-order valence-corrected chi connectivity index (χ1v) is 10.2. The number of nitrogens with zero attached hydrogens (tertiary/aromatic N) is 1. The molecule has 5 heteroatoms. The molecule has 0 unspecified atom stereocenters. The Kier molecular flexibility index (Phi) is 6.22. The van der Waals surface area contributed by atoms with Crippen LogP contribution in [0.25, 0.3) is 6.08 Å². The van der Waals surface area contributed by atoms with Gasteiger partial charge in [-0.25, -0.2) is 0 Å². The summed E-state index contributed by atoms with van der Waals surface area (Å²) in [6.45, 7) is 0.961. The maximum Gasteiger partial charge on any atom is 0.247 e. The molecule has 0 N–H and O–H groups in total. The van der Waals surface area contributed by atoms with Crippen LogP contribution in [0.4, 0.5) is 0 Å². The summed E-state index contributed by atoms with van der Waals surface area (Å²) in [6.07, 6.45) is 3.15. The van der Waals surface area contributed by atoms with E-state index >= 15 is 0 Å². The first-order chi connectivity index (χ1) is 15.2. The summed E-state index contributed by atoms with van der Waals surface area (Å²) >= 11 is 0. The second-order valence-electron chi connectivity index (χ2n) is 7.29. The van der Waals surface area contributed by atoms with Crippen LogP contribution in [0.3, 0.4) is 0 Å². The van der Waals surface area contributed by atoms with Crippen molar-refractivity contribution in [3.05, 3.63) is 95.6 Å². The Hall–Kier alpha value is -3.73. The van der Waals surface area contributed by atoms with Gasteiger partial charge < -0.3 is 19.1 Å². The molecule has 1 aliphatic rings. The average Bonchev–Trinajstić information content (AvgIpc) is 3.03. The number of ether oxygens (including phenoxy) is 3. The van der Waals surface area contributed by atoms with E-state index in [1.165, 1.54) is 0 Å². The van der Waals surface area contributed by atoms with Crippen LogP contribution in [0.1, 0.15) is 22.8 Å². The minimum absolute atomic E-state index is 0.0731. The Morgan fingerprint density at radius 1 is 0.968 bits per heavy atom. The molecular weight excluding hydrogens is 390 g/mol. The fraction of sp³-hybridized carbons (Fsp3) is 0.192. The lowest BCUT2D eigenvalue weighted by atomic mass is 10.1. The van der Waals surface area contributed by atoms with E-state index in [2.05, 4.69) is 0 Å². The molecule has 1 atom stereocenters. The monoisotopic (exact) mass is 415 g/mol. The van der Waals surface area contributed by atoms with Gasteiger partial charge in [-0.15, -0.1) is 0 Å². The Balaban J connectivity index is 1.58. The van der Waals surface area contributed by atoms with Crippen LogP contribution >= 0.6 is 0 Å². The SMILES string of the molecule is COc1ccc(/C=C/C(=O)N2Cc3ccccc3O[C@H](c3ccccc3)C2)cc1OC. The van der Waals surface area contributed by atoms with E-state index in [4.69, 9.17) is 14.2 Å². The van der Waals surface area contributed by atoms with Gasteiger partial charge in [0.25, 0.3) is 0 Å². The molecule has 0 spiro atoms. The number of benzene rings is 3. The number of hydrogen-bond acceptors (Lipinski definition) is 4. The molecule has 0 fully saturated rings. The molecule has 4 rings (SSSR count). The van der Waals surface area contributed by atoms with Crippen LogP contribution in [0.5, 0.6) is 17.2 Å². The van der Waals surface area contributed by atoms with E-state index in [9.17, 15) is 4.79 Å². The Bertz CT molecular complexity index is 1080. The summed E-state index contributed by atoms with van der Waals surface area (Å²) in [7, 11) is 3.19. The molecule has 1 heterocycles. The van der Waals surface area contributed by atoms with Crippen LogP contribution in [0.15, 0.2) is 78.9 Å². The number of carbonyl (C=O) groups excluding carboxylic acids is 1. The minimum Gasteiger partial charge on any atom is -0.493 e. The van der Waals surface area contributed by atoms with Crippen molar-refractivity contribution >= 4 is 12.0 Å². The molecule has 1 amide bonds. The van der Waals surface area contributed by atoms with Crippen LogP contribution in [0, 0.1) is 0 Å². The molecular formula is C26H25NO4. The molecule has 0 radical (unpaired) electrons. The van der Waals surface area contributed by atoms with E-state index in [1.54, 1.807) is 26.4 Å². The van der Waals surface area contributed by atoms with Crippen molar-refractivity contribution < 1.29 is 19.0 Å². The number of methoxy groups -OCH3 is 2. The number of fused-ring (bicyclic) bond motifs is 1. The van der Waals surface area contributed by atoms with Gasteiger partial charge in [-0.1, -0.05) is 54.6 Å². The van der Waals surface area contributed by atoms with Crippen LogP contribution in [0.2, 0.25) is 0 Å². The number of hydrogen-bond donors (Lipinski definition) is 0. The van der Waals surface area contributed by atoms with Gasteiger partial charge in [0.05, 0.1) is 20.8 Å². The van der Waals surface area contributed by atoms with Gasteiger partial charge in [-0.3, -0.25) is 4.79 Å². The highest BCUT2D eigenvalue weighted by atomic mass is 16.5. The van der Waals surface area contributed by atoms with E-state index in [0.717, 1.165) is 22.4 Å². The second kappa shape index (κ2) is 9.39. The lowest BCUT2D eigenvalue weighted by molar-refractivity contribution is -0.127. The van der Waals surface area contributed by atoms with Gasteiger partial charge in [0.1, 0.15) is 11.9 Å². The van der Waals surface area contributed by atoms with Gasteiger partial charge in [0.2, 0.25) is 5.91 Å². The molecule has 3 aromatic rings. The fourth-order valence-electron chi connectivity index (χ4n) is 3.65. The van der Waals surface area contributed by atoms with E-state index in [1.807, 2.05) is 77.7 Å². The third-order valence-corrected chi connectivity index (χ3v) is 5.30. The van der Waals surface area contributed by atoms with Crippen LogP contribution in [-0.4, -0.2) is 31.6 Å². The highest BCUT2D eigenvalue weighted by Crippen LogP contribution is 2.31. The summed E-state index contributed by atoms with van der Waals surface area (Å²) in [4.78, 5) is 14.9. The predicted molar refractivity (Wildman–Crippen MR) is 120 cm³/mol. The molecule has 158 valence electrons. The second-order valence-corrected chi connectivity index (χ2v) is 7.29. The summed E-state index contributed by atoms with van der Waals surface area (Å²) < 4.78 is 16.9. The molecule has 5 nitrogen and oxygen atoms in total. The summed E-state index contributed by atoms with van der Waals surface area (Å²) in [5, 5.41) is 0. The van der Waals surface area contributed by atoms with Crippen molar-refractivity contribution in [3.63, 3.8) is 0 Å². The molecule has 0 aromatic heterocycles. The number of para-hydroxylation sites is 1. The van der Waals surface area contributed by atoms with Crippen molar-refractivity contribution in [2.75, 3.05) is 20.8 Å². The third-order valence-electron chi connectivity index (χ3n) is 5.30. The zero-order valence-electron chi connectivity index (χ0n) is 17.7. The van der Waals surface area contributed by atoms with Gasteiger partial charge in [-0.2, -0.15) is 0 Å². The molecule has 31 heavy (non-hydrogen) atoms. The normalized spacial score (nSPS) is 15.7. The first kappa shape index (κ1) is 20.5. The third kappa shape index (κ3) is 4.72. The maximum absolute atomic E-state index is 13.1. The zero-order valence-corrected chi connectivity index (χ0v) is 17.7. The molecule has 3 aromatic carbocycles. The predicted octanol–water partition coefficient (Wildman–Crippen LogP) is 4.88. The van der Waals surface area contributed by atoms with E-state index in [-0.39, 0.29) is 12.0 Å². The van der Waals surface area contributed by atoms with Crippen molar-refractivity contribution in [1.29, 1.82) is 0 Å². The highest BCUT2D eigenvalue weighted by molar-refractivity contribution is 5.92. The summed E-state index contributed by atoms with van der Waals surface area (Å²) in [5.74, 6) is 2.02. The summed E-state index contributed by atoms with van der Waals surface area (Å²) in [6, 6.07) is 23.4. The van der Waals surface area contributed by atoms with Crippen molar-refractivity contribution in [1.82, 2.24) is 4.90 Å². The molecule has 0 saturated carbocycles. The molecule has 0 aliphatic carbocycles. The van der Waals surface area contributed by atoms with Gasteiger partial charge in [0.15, 0.2) is 11.5 Å². The first-order valence-electron chi connectivity index (χ1n) is 10.2. The topological polar surface area (TPSA) is 48.0 Å². The standard InChI is InChI=1S/C26H25NO4/c1-29-23-14-12-19(16-24(23)30-2)13-15-26(28)27-17-21-10-6-7-11-22(21)31-25(18-27)20-8-4-3-5-9-20/h3-16,25H,17-18H2,1-2H3/b15-13+/t25-/m0/s1. The largest absolute Gasteiger partial charge is 0.493 e. The van der Waals surface area contributed by atoms with Gasteiger partial charge >= 0.3 is 0 Å². The average molecular weight is 415 g/mol. The minimum atomic E-state index is -0.233. The van der Waals surface area contributed by atoms with Crippen LogP contribution < -0.4 is 14.2 Å². The Morgan fingerprint density at radius 2 is 1.71 bits per heavy atom. The Labute approximate surface area is 182 Å². The lowest BCUT2D eigenvalue weighted by Gasteiger charge is -2.23. The van der Waals surface area contributed by atoms with E-state index < -0.39 is 0 Å². The van der Waals surface area contributed by atoms with Crippen molar-refractivity contribution in [2.45, 2.75) is 12.6 Å². The summed E-state index contributed by atoms with van der Waals surface area (Å²) in [5.41, 5.74) is 2.90. The zero-order chi connectivity index (χ0) is 21.6. The fourth-order valence-corrected chi connectivity index (χ4v) is 3.65. The smallest absolute Gasteiger partial charge is 0.247 e. The number of rotatable bonds is 5. The van der Waals surface area contributed by atoms with Crippen LogP contribution in [-0.2, 0) is 11.3 Å². The lowest BCUT2D eigenvalue weighted by Crippen LogP contribution is -2.32. The quantitative estimate of drug-likeness (QED) is 0.558. The van der Waals surface area contributed by atoms with E-state index in [0.29, 0.717) is 24.6 Å². The number of amides is 1. The van der Waals surface area contributed by atoms with Gasteiger partial charge in [-0.05, 0) is 35.4 Å². The maximum atomic E-state index is 13.1. The van der Waals surface area contributed by atoms with Crippen molar-refractivity contribution in [2.24, 2.45) is 0 Å². The number of carbonyl (C=O) groups is 1. The Morgan fingerprint density at radius 3 is 2.48 bits per heavy atom. The molecule has 1 aliphatic heterocycles. The van der Waals surface area contributed by atoms with Crippen molar-refractivity contribution in [3.8, 4) is 17.2 Å². The molecule has 0 saturated heterocycles.